The summed E-state index contributed by atoms with van der Waals surface area (Å²) in [7, 11) is 4.07. The van der Waals surface area contributed by atoms with Gasteiger partial charge in [0.05, 0.1) is 15.7 Å². The van der Waals surface area contributed by atoms with Crippen LogP contribution in [0.25, 0.3) is 21.1 Å². The number of fused-ring (bicyclic) bond motifs is 3. The average molecular weight is 392 g/mol. The highest BCUT2D eigenvalue weighted by molar-refractivity contribution is 7.19. The fraction of sp³-hybridized carbons (Fsp3) is 0.238. The lowest BCUT2D eigenvalue weighted by atomic mass is 10.1. The number of ketones is 1. The number of nitrogens with one attached hydrogen (secondary N) is 1. The van der Waals surface area contributed by atoms with Gasteiger partial charge in [-0.2, -0.15) is 0 Å². The van der Waals surface area contributed by atoms with E-state index < -0.39 is 0 Å². The van der Waals surface area contributed by atoms with E-state index in [4.69, 9.17) is 9.97 Å². The van der Waals surface area contributed by atoms with Crippen LogP contribution in [0.4, 0.5) is 11.6 Å². The van der Waals surface area contributed by atoms with Gasteiger partial charge in [-0.05, 0) is 50.8 Å². The normalized spacial score (nSPS) is 11.4. The molecule has 28 heavy (non-hydrogen) atoms. The average Bonchev–Trinajstić information content (AvgIpc) is 3.03. The summed E-state index contributed by atoms with van der Waals surface area (Å²) in [5.74, 6) is 0.669. The molecule has 1 N–H and O–H groups in total. The van der Waals surface area contributed by atoms with Crippen molar-refractivity contribution >= 4 is 49.9 Å². The summed E-state index contributed by atoms with van der Waals surface area (Å²) in [6, 6.07) is 11.8. The number of carbonyl (C=O) groups excluding carboxylic acids is 1. The van der Waals surface area contributed by atoms with Gasteiger partial charge >= 0.3 is 0 Å². The first-order chi connectivity index (χ1) is 13.5. The number of thiazole rings is 1. The Morgan fingerprint density at radius 1 is 1.18 bits per heavy atom. The van der Waals surface area contributed by atoms with E-state index in [2.05, 4.69) is 15.2 Å². The standard InChI is InChI=1S/C21H21N5OS/c1-13(27)9-14-5-4-6-16(10-14)23-21-22-11-15-7-8-17-20(19(15)25-21)28-18(24-17)12-26(2)3/h4-8,10-11H,9,12H2,1-3H3,(H,22,23,25). The van der Waals surface area contributed by atoms with Crippen LogP contribution in [0.2, 0.25) is 0 Å². The maximum absolute atomic E-state index is 11.4. The summed E-state index contributed by atoms with van der Waals surface area (Å²) >= 11 is 1.67. The predicted molar refractivity (Wildman–Crippen MR) is 114 cm³/mol. The first-order valence-corrected chi connectivity index (χ1v) is 9.85. The minimum atomic E-state index is 0.139. The smallest absolute Gasteiger partial charge is 0.227 e. The maximum atomic E-state index is 11.4. The van der Waals surface area contributed by atoms with Crippen molar-refractivity contribution in [3.8, 4) is 0 Å². The van der Waals surface area contributed by atoms with Crippen LogP contribution in [0.1, 0.15) is 17.5 Å². The third-order valence-corrected chi connectivity index (χ3v) is 5.30. The van der Waals surface area contributed by atoms with Crippen molar-refractivity contribution < 1.29 is 4.79 Å². The van der Waals surface area contributed by atoms with Crippen LogP contribution in [0.5, 0.6) is 0 Å². The molecule has 0 aliphatic carbocycles. The fourth-order valence-electron chi connectivity index (χ4n) is 3.10. The molecule has 142 valence electrons. The van der Waals surface area contributed by atoms with Gasteiger partial charge < -0.3 is 10.2 Å². The van der Waals surface area contributed by atoms with Crippen LogP contribution in [0, 0.1) is 0 Å². The first kappa shape index (κ1) is 18.5. The van der Waals surface area contributed by atoms with E-state index in [-0.39, 0.29) is 5.78 Å². The van der Waals surface area contributed by atoms with Crippen LogP contribution in [-0.4, -0.2) is 39.7 Å². The Kier molecular flexibility index (Phi) is 5.02. The fourth-order valence-corrected chi connectivity index (χ4v) is 4.28. The molecular formula is C21H21N5OS. The van der Waals surface area contributed by atoms with E-state index in [0.29, 0.717) is 12.4 Å². The van der Waals surface area contributed by atoms with Crippen LogP contribution in [0.15, 0.2) is 42.6 Å². The van der Waals surface area contributed by atoms with Gasteiger partial charge in [-0.15, -0.1) is 11.3 Å². The first-order valence-electron chi connectivity index (χ1n) is 9.03. The van der Waals surface area contributed by atoms with Gasteiger partial charge in [0.2, 0.25) is 5.95 Å². The van der Waals surface area contributed by atoms with E-state index in [0.717, 1.165) is 43.9 Å². The monoisotopic (exact) mass is 391 g/mol. The number of aromatic nitrogens is 3. The molecule has 0 radical (unpaired) electrons. The van der Waals surface area contributed by atoms with E-state index in [1.54, 1.807) is 18.3 Å². The van der Waals surface area contributed by atoms with Crippen molar-refractivity contribution in [2.45, 2.75) is 19.9 Å². The maximum Gasteiger partial charge on any atom is 0.227 e. The largest absolute Gasteiger partial charge is 0.324 e. The quantitative estimate of drug-likeness (QED) is 0.532. The number of hydrogen-bond acceptors (Lipinski definition) is 7. The zero-order valence-electron chi connectivity index (χ0n) is 16.1. The Hall–Kier alpha value is -2.90. The molecule has 2 heterocycles. The lowest BCUT2D eigenvalue weighted by Crippen LogP contribution is -2.09. The molecule has 4 aromatic rings. The van der Waals surface area contributed by atoms with Crippen molar-refractivity contribution in [3.63, 3.8) is 0 Å². The van der Waals surface area contributed by atoms with E-state index in [9.17, 15) is 4.79 Å². The van der Waals surface area contributed by atoms with Gasteiger partial charge in [0.15, 0.2) is 0 Å². The number of benzene rings is 2. The Balaban J connectivity index is 1.69. The lowest BCUT2D eigenvalue weighted by molar-refractivity contribution is -0.116. The van der Waals surface area contributed by atoms with Crippen LogP contribution >= 0.6 is 11.3 Å². The Bertz CT molecular complexity index is 1170. The summed E-state index contributed by atoms with van der Waals surface area (Å²) in [6.07, 6.45) is 2.25. The van der Waals surface area contributed by atoms with Gasteiger partial charge in [-0.25, -0.2) is 15.0 Å². The van der Waals surface area contributed by atoms with Gasteiger partial charge in [0.25, 0.3) is 0 Å². The SMILES string of the molecule is CC(=O)Cc1cccc(Nc2ncc3ccc4nc(CN(C)C)sc4c3n2)c1. The molecule has 6 nitrogen and oxygen atoms in total. The summed E-state index contributed by atoms with van der Waals surface area (Å²) in [5, 5.41) is 5.31. The molecule has 4 rings (SSSR count). The molecule has 0 saturated carbocycles. The second kappa shape index (κ2) is 7.61. The van der Waals surface area contributed by atoms with Crippen molar-refractivity contribution in [2.75, 3.05) is 19.4 Å². The Morgan fingerprint density at radius 3 is 2.82 bits per heavy atom. The highest BCUT2D eigenvalue weighted by Gasteiger charge is 2.11. The van der Waals surface area contributed by atoms with Crippen molar-refractivity contribution in [2.24, 2.45) is 0 Å². The number of anilines is 2. The molecule has 0 saturated heterocycles. The minimum absolute atomic E-state index is 0.139. The highest BCUT2D eigenvalue weighted by atomic mass is 32.1. The van der Waals surface area contributed by atoms with Crippen molar-refractivity contribution in [3.05, 3.63) is 53.2 Å². The van der Waals surface area contributed by atoms with E-state index >= 15 is 0 Å². The Labute approximate surface area is 167 Å². The van der Waals surface area contributed by atoms with Gasteiger partial charge in [0, 0.05) is 30.2 Å². The van der Waals surface area contributed by atoms with Gasteiger partial charge in [-0.3, -0.25) is 4.79 Å². The third-order valence-electron chi connectivity index (χ3n) is 4.24. The second-order valence-corrected chi connectivity index (χ2v) is 8.18. The summed E-state index contributed by atoms with van der Waals surface area (Å²) < 4.78 is 1.07. The minimum Gasteiger partial charge on any atom is -0.324 e. The molecule has 0 atom stereocenters. The van der Waals surface area contributed by atoms with Crippen molar-refractivity contribution in [1.29, 1.82) is 0 Å². The van der Waals surface area contributed by atoms with Gasteiger partial charge in [0.1, 0.15) is 10.8 Å². The predicted octanol–water partition coefficient (Wildman–Crippen LogP) is 4.18. The second-order valence-electron chi connectivity index (χ2n) is 7.09. The summed E-state index contributed by atoms with van der Waals surface area (Å²) in [4.78, 5) is 27.4. The molecule has 2 aromatic heterocycles. The molecule has 0 aliphatic rings. The van der Waals surface area contributed by atoms with Crippen LogP contribution < -0.4 is 5.32 Å². The summed E-state index contributed by atoms with van der Waals surface area (Å²) in [6.45, 7) is 2.40. The van der Waals surface area contributed by atoms with E-state index in [1.807, 2.05) is 56.7 Å². The number of nitrogens with zero attached hydrogens (tertiary/aromatic N) is 4. The van der Waals surface area contributed by atoms with Crippen LogP contribution in [-0.2, 0) is 17.8 Å². The zero-order valence-corrected chi connectivity index (χ0v) is 16.9. The third kappa shape index (κ3) is 4.00. The topological polar surface area (TPSA) is 71.0 Å². The highest BCUT2D eigenvalue weighted by Crippen LogP contribution is 2.30. The zero-order chi connectivity index (χ0) is 19.7. The molecule has 7 heteroatoms. The molecule has 0 spiro atoms. The molecule has 0 bridgehead atoms. The molecule has 0 fully saturated rings. The molecule has 0 amide bonds. The molecule has 0 aliphatic heterocycles. The number of rotatable bonds is 6. The summed E-state index contributed by atoms with van der Waals surface area (Å²) in [5.41, 5.74) is 3.69. The molecular weight excluding hydrogens is 370 g/mol. The Morgan fingerprint density at radius 2 is 2.04 bits per heavy atom. The number of carbonyl (C=O) groups is 1. The number of Topliss-reactive ketones (excluding diaryl/α,β-unsaturated/α-hetero) is 1. The molecule has 0 unspecified atom stereocenters. The van der Waals surface area contributed by atoms with Gasteiger partial charge in [-0.1, -0.05) is 12.1 Å². The number of hydrogen-bond donors (Lipinski definition) is 1. The van der Waals surface area contributed by atoms with Crippen molar-refractivity contribution in [1.82, 2.24) is 19.9 Å². The molecule has 2 aromatic carbocycles. The van der Waals surface area contributed by atoms with Crippen LogP contribution in [0.3, 0.4) is 0 Å². The van der Waals surface area contributed by atoms with E-state index in [1.165, 1.54) is 0 Å². The lowest BCUT2D eigenvalue weighted by Gasteiger charge is -2.07.